The second kappa shape index (κ2) is 7.00. The third kappa shape index (κ3) is 3.66. The van der Waals surface area contributed by atoms with E-state index in [0.717, 1.165) is 43.7 Å². The molecular formula is C11H20N4O. The largest absolute Gasteiger partial charge is 0.481 e. The van der Waals surface area contributed by atoms with Crippen LogP contribution in [0.2, 0.25) is 0 Å². The molecule has 0 fully saturated rings. The summed E-state index contributed by atoms with van der Waals surface area (Å²) in [7, 11) is 1.61. The number of aromatic nitrogens is 2. The van der Waals surface area contributed by atoms with Crippen molar-refractivity contribution in [3.8, 4) is 5.88 Å². The van der Waals surface area contributed by atoms with Crippen LogP contribution < -0.4 is 15.8 Å². The Labute approximate surface area is 96.4 Å². The van der Waals surface area contributed by atoms with E-state index in [1.807, 2.05) is 6.92 Å². The fourth-order valence-electron chi connectivity index (χ4n) is 1.47. The highest BCUT2D eigenvalue weighted by molar-refractivity contribution is 5.47. The van der Waals surface area contributed by atoms with E-state index in [-0.39, 0.29) is 0 Å². The van der Waals surface area contributed by atoms with Gasteiger partial charge in [-0.15, -0.1) is 0 Å². The Hall–Kier alpha value is -1.36. The highest BCUT2D eigenvalue weighted by atomic mass is 16.5. The molecule has 1 aromatic heterocycles. The molecule has 0 saturated carbocycles. The summed E-state index contributed by atoms with van der Waals surface area (Å²) in [6, 6.07) is 0. The number of unbranched alkanes of at least 4 members (excludes halogenated alkanes) is 2. The van der Waals surface area contributed by atoms with Crippen molar-refractivity contribution in [2.45, 2.75) is 26.2 Å². The molecule has 1 aromatic rings. The van der Waals surface area contributed by atoms with E-state index in [4.69, 9.17) is 10.5 Å². The third-order valence-electron chi connectivity index (χ3n) is 2.40. The first kappa shape index (κ1) is 12.7. The summed E-state index contributed by atoms with van der Waals surface area (Å²) in [5.74, 6) is 1.47. The summed E-state index contributed by atoms with van der Waals surface area (Å²) >= 11 is 0. The fourth-order valence-corrected chi connectivity index (χ4v) is 1.47. The molecule has 90 valence electrons. The average Bonchev–Trinajstić information content (AvgIpc) is 2.31. The SMILES string of the molecule is COc1ncnc(NCCCCCN)c1C. The van der Waals surface area contributed by atoms with Gasteiger partial charge in [0, 0.05) is 6.54 Å². The molecule has 0 aromatic carbocycles. The average molecular weight is 224 g/mol. The standard InChI is InChI=1S/C11H20N4O/c1-9-10(13-7-5-3-4-6-12)14-8-15-11(9)16-2/h8H,3-7,12H2,1-2H3,(H,13,14,15). The van der Waals surface area contributed by atoms with E-state index < -0.39 is 0 Å². The lowest BCUT2D eigenvalue weighted by Crippen LogP contribution is -2.07. The van der Waals surface area contributed by atoms with Crippen LogP contribution in [0.15, 0.2) is 6.33 Å². The molecule has 0 bridgehead atoms. The zero-order chi connectivity index (χ0) is 11.8. The van der Waals surface area contributed by atoms with Crippen LogP contribution in [0.25, 0.3) is 0 Å². The number of nitrogens with one attached hydrogen (secondary N) is 1. The van der Waals surface area contributed by atoms with Crippen molar-refractivity contribution in [3.05, 3.63) is 11.9 Å². The first-order chi connectivity index (χ1) is 7.79. The van der Waals surface area contributed by atoms with Crippen molar-refractivity contribution in [2.24, 2.45) is 5.73 Å². The first-order valence-electron chi connectivity index (χ1n) is 5.59. The Morgan fingerprint density at radius 3 is 2.81 bits per heavy atom. The van der Waals surface area contributed by atoms with Crippen LogP contribution in [-0.2, 0) is 0 Å². The molecule has 3 N–H and O–H groups in total. The molecule has 5 heteroatoms. The minimum atomic E-state index is 0.624. The minimum absolute atomic E-state index is 0.624. The van der Waals surface area contributed by atoms with Crippen molar-refractivity contribution in [2.75, 3.05) is 25.5 Å². The van der Waals surface area contributed by atoms with Gasteiger partial charge in [-0.25, -0.2) is 9.97 Å². The number of methoxy groups -OCH3 is 1. The highest BCUT2D eigenvalue weighted by Gasteiger charge is 2.05. The lowest BCUT2D eigenvalue weighted by Gasteiger charge is -2.09. The van der Waals surface area contributed by atoms with Gasteiger partial charge in [-0.3, -0.25) is 0 Å². The van der Waals surface area contributed by atoms with E-state index in [2.05, 4.69) is 15.3 Å². The number of nitrogens with zero attached hydrogens (tertiary/aromatic N) is 2. The molecule has 0 saturated heterocycles. The molecule has 5 nitrogen and oxygen atoms in total. The lowest BCUT2D eigenvalue weighted by atomic mass is 10.2. The zero-order valence-electron chi connectivity index (χ0n) is 9.99. The van der Waals surface area contributed by atoms with Crippen LogP contribution in [0.5, 0.6) is 5.88 Å². The van der Waals surface area contributed by atoms with Gasteiger partial charge < -0.3 is 15.8 Å². The number of ether oxygens (including phenoxy) is 1. The number of hydrogen-bond acceptors (Lipinski definition) is 5. The maximum absolute atomic E-state index is 5.43. The lowest BCUT2D eigenvalue weighted by molar-refractivity contribution is 0.393. The molecule has 0 unspecified atom stereocenters. The molecule has 0 atom stereocenters. The topological polar surface area (TPSA) is 73.1 Å². The highest BCUT2D eigenvalue weighted by Crippen LogP contribution is 2.19. The van der Waals surface area contributed by atoms with Crippen molar-refractivity contribution < 1.29 is 4.74 Å². The van der Waals surface area contributed by atoms with E-state index >= 15 is 0 Å². The molecule has 0 radical (unpaired) electrons. The maximum Gasteiger partial charge on any atom is 0.221 e. The number of hydrogen-bond donors (Lipinski definition) is 2. The molecule has 0 amide bonds. The van der Waals surface area contributed by atoms with Crippen molar-refractivity contribution >= 4 is 5.82 Å². The predicted molar refractivity (Wildman–Crippen MR) is 64.7 cm³/mol. The van der Waals surface area contributed by atoms with Gasteiger partial charge in [0.15, 0.2) is 0 Å². The number of anilines is 1. The Morgan fingerprint density at radius 2 is 2.12 bits per heavy atom. The van der Waals surface area contributed by atoms with Gasteiger partial charge >= 0.3 is 0 Å². The summed E-state index contributed by atoms with van der Waals surface area (Å²) in [4.78, 5) is 8.20. The van der Waals surface area contributed by atoms with Crippen molar-refractivity contribution in [1.82, 2.24) is 9.97 Å². The van der Waals surface area contributed by atoms with Gasteiger partial charge in [0.05, 0.1) is 12.7 Å². The number of rotatable bonds is 7. The minimum Gasteiger partial charge on any atom is -0.481 e. The monoisotopic (exact) mass is 224 g/mol. The quantitative estimate of drug-likeness (QED) is 0.684. The van der Waals surface area contributed by atoms with E-state index in [9.17, 15) is 0 Å². The smallest absolute Gasteiger partial charge is 0.221 e. The number of nitrogens with two attached hydrogens (primary N) is 1. The molecule has 16 heavy (non-hydrogen) atoms. The van der Waals surface area contributed by atoms with Crippen LogP contribution in [0.4, 0.5) is 5.82 Å². The Balaban J connectivity index is 2.41. The second-order valence-electron chi connectivity index (χ2n) is 3.63. The van der Waals surface area contributed by atoms with Gasteiger partial charge in [0.1, 0.15) is 12.1 Å². The summed E-state index contributed by atoms with van der Waals surface area (Å²) < 4.78 is 5.12. The third-order valence-corrected chi connectivity index (χ3v) is 2.40. The summed E-state index contributed by atoms with van der Waals surface area (Å²) in [6.07, 6.45) is 4.83. The summed E-state index contributed by atoms with van der Waals surface area (Å²) in [6.45, 7) is 3.61. The summed E-state index contributed by atoms with van der Waals surface area (Å²) in [5.41, 5.74) is 6.37. The Bertz CT molecular complexity index is 317. The Kier molecular flexibility index (Phi) is 5.56. The van der Waals surface area contributed by atoms with Crippen LogP contribution in [-0.4, -0.2) is 30.2 Å². The van der Waals surface area contributed by atoms with E-state index in [1.165, 1.54) is 6.33 Å². The van der Waals surface area contributed by atoms with Gasteiger partial charge in [0.2, 0.25) is 5.88 Å². The molecule has 0 aliphatic carbocycles. The van der Waals surface area contributed by atoms with Gasteiger partial charge in [0.25, 0.3) is 0 Å². The molecule has 1 heterocycles. The molecule has 1 rings (SSSR count). The van der Waals surface area contributed by atoms with Crippen LogP contribution in [0.1, 0.15) is 24.8 Å². The molecule has 0 aliphatic heterocycles. The zero-order valence-corrected chi connectivity index (χ0v) is 9.99. The Morgan fingerprint density at radius 1 is 1.31 bits per heavy atom. The van der Waals surface area contributed by atoms with Crippen LogP contribution in [0, 0.1) is 6.92 Å². The normalized spacial score (nSPS) is 10.2. The molecule has 0 spiro atoms. The van der Waals surface area contributed by atoms with Crippen molar-refractivity contribution in [1.29, 1.82) is 0 Å². The van der Waals surface area contributed by atoms with Gasteiger partial charge in [-0.1, -0.05) is 6.42 Å². The predicted octanol–water partition coefficient (Wildman–Crippen LogP) is 1.33. The van der Waals surface area contributed by atoms with Crippen molar-refractivity contribution in [3.63, 3.8) is 0 Å². The maximum atomic E-state index is 5.43. The second-order valence-corrected chi connectivity index (χ2v) is 3.63. The molecular weight excluding hydrogens is 204 g/mol. The summed E-state index contributed by atoms with van der Waals surface area (Å²) in [5, 5.41) is 3.27. The fraction of sp³-hybridized carbons (Fsp3) is 0.636. The van der Waals surface area contributed by atoms with E-state index in [1.54, 1.807) is 7.11 Å². The van der Waals surface area contributed by atoms with Gasteiger partial charge in [-0.2, -0.15) is 0 Å². The van der Waals surface area contributed by atoms with Gasteiger partial charge in [-0.05, 0) is 26.3 Å². The van der Waals surface area contributed by atoms with Crippen LogP contribution >= 0.6 is 0 Å². The van der Waals surface area contributed by atoms with Crippen LogP contribution in [0.3, 0.4) is 0 Å². The first-order valence-corrected chi connectivity index (χ1v) is 5.59. The molecule has 0 aliphatic rings. The van der Waals surface area contributed by atoms with E-state index in [0.29, 0.717) is 5.88 Å².